The minimum absolute atomic E-state index is 0.161. The third-order valence-corrected chi connectivity index (χ3v) is 2.64. The molecule has 0 aliphatic rings. The first-order valence-electron chi connectivity index (χ1n) is 5.37. The van der Waals surface area contributed by atoms with Crippen molar-refractivity contribution >= 4 is 11.9 Å². The Morgan fingerprint density at radius 3 is 2.19 bits per heavy atom. The number of rotatable bonds is 5. The molecule has 0 unspecified atom stereocenters. The predicted molar refractivity (Wildman–Crippen MR) is 59.7 cm³/mol. The lowest BCUT2D eigenvalue weighted by Gasteiger charge is -2.36. The smallest absolute Gasteiger partial charge is 0.334 e. The molecule has 0 aromatic rings. The Morgan fingerprint density at radius 2 is 1.94 bits per heavy atom. The van der Waals surface area contributed by atoms with Crippen molar-refractivity contribution in [2.75, 3.05) is 7.11 Å². The van der Waals surface area contributed by atoms with Crippen LogP contribution in [0.25, 0.3) is 0 Å². The number of aliphatic hydroxyl groups excluding tert-OH is 1. The first-order valence-corrected chi connectivity index (χ1v) is 5.37. The highest BCUT2D eigenvalue weighted by molar-refractivity contribution is 5.87. The maximum Gasteiger partial charge on any atom is 0.334 e. The van der Waals surface area contributed by atoms with Gasteiger partial charge in [-0.2, -0.15) is 0 Å². The van der Waals surface area contributed by atoms with Crippen LogP contribution in [-0.4, -0.2) is 35.7 Å². The third-order valence-electron chi connectivity index (χ3n) is 2.64. The summed E-state index contributed by atoms with van der Waals surface area (Å²) >= 11 is 0. The minimum Gasteiger partial charge on any atom is -0.467 e. The molecule has 0 saturated heterocycles. The summed E-state index contributed by atoms with van der Waals surface area (Å²) < 4.78 is 4.67. The van der Waals surface area contributed by atoms with Crippen molar-refractivity contribution in [1.29, 1.82) is 0 Å². The van der Waals surface area contributed by atoms with Gasteiger partial charge in [0, 0.05) is 6.92 Å². The van der Waals surface area contributed by atoms with Crippen LogP contribution in [-0.2, 0) is 14.3 Å². The van der Waals surface area contributed by atoms with E-state index in [-0.39, 0.29) is 18.2 Å². The number of aliphatic hydroxyl groups is 1. The van der Waals surface area contributed by atoms with Crippen molar-refractivity contribution in [2.24, 2.45) is 5.92 Å². The Kier molecular flexibility index (Phi) is 5.44. The van der Waals surface area contributed by atoms with Gasteiger partial charge in [0.2, 0.25) is 5.91 Å². The Morgan fingerprint density at radius 1 is 1.44 bits per heavy atom. The van der Waals surface area contributed by atoms with Gasteiger partial charge >= 0.3 is 5.97 Å². The molecule has 0 heterocycles. The SMILES string of the molecule is CC[C@@](NC(C)=O)(C(=O)OC)[C@@H](O)C(C)C. The first kappa shape index (κ1) is 14.9. The zero-order chi connectivity index (χ0) is 12.9. The number of nitrogens with one attached hydrogen (secondary N) is 1. The molecular weight excluding hydrogens is 210 g/mol. The van der Waals surface area contributed by atoms with Crippen LogP contribution in [0.2, 0.25) is 0 Å². The molecule has 5 heteroatoms. The number of esters is 1. The van der Waals surface area contributed by atoms with Gasteiger partial charge in [0.25, 0.3) is 0 Å². The van der Waals surface area contributed by atoms with Crippen molar-refractivity contribution in [2.45, 2.75) is 45.8 Å². The number of carbonyl (C=O) groups excluding carboxylic acids is 2. The first-order chi connectivity index (χ1) is 7.31. The highest BCUT2D eigenvalue weighted by Crippen LogP contribution is 2.23. The van der Waals surface area contributed by atoms with Crippen LogP contribution in [0.15, 0.2) is 0 Å². The highest BCUT2D eigenvalue weighted by Gasteiger charge is 2.46. The van der Waals surface area contributed by atoms with Crippen molar-refractivity contribution in [3.05, 3.63) is 0 Å². The predicted octanol–water partition coefficient (Wildman–Crippen LogP) is 0.461. The van der Waals surface area contributed by atoms with Crippen molar-refractivity contribution < 1.29 is 19.4 Å². The molecule has 16 heavy (non-hydrogen) atoms. The van der Waals surface area contributed by atoms with E-state index in [4.69, 9.17) is 0 Å². The quantitative estimate of drug-likeness (QED) is 0.674. The lowest BCUT2D eigenvalue weighted by Crippen LogP contribution is -2.63. The molecule has 0 aromatic heterocycles. The second kappa shape index (κ2) is 5.84. The average Bonchev–Trinajstić information content (AvgIpc) is 2.23. The van der Waals surface area contributed by atoms with Crippen LogP contribution in [0.3, 0.4) is 0 Å². The van der Waals surface area contributed by atoms with Gasteiger partial charge in [0.15, 0.2) is 5.54 Å². The fraction of sp³-hybridized carbons (Fsp3) is 0.818. The van der Waals surface area contributed by atoms with E-state index in [9.17, 15) is 14.7 Å². The van der Waals surface area contributed by atoms with E-state index in [0.29, 0.717) is 0 Å². The summed E-state index contributed by atoms with van der Waals surface area (Å²) in [6, 6.07) is 0. The van der Waals surface area contributed by atoms with Crippen LogP contribution in [0.4, 0.5) is 0 Å². The van der Waals surface area contributed by atoms with Gasteiger partial charge in [0.1, 0.15) is 0 Å². The normalized spacial score (nSPS) is 16.4. The minimum atomic E-state index is -1.35. The summed E-state index contributed by atoms with van der Waals surface area (Å²) in [6.07, 6.45) is -0.702. The van der Waals surface area contributed by atoms with E-state index in [1.807, 2.05) is 0 Å². The zero-order valence-electron chi connectivity index (χ0n) is 10.5. The maximum atomic E-state index is 11.7. The maximum absolute atomic E-state index is 11.7. The van der Waals surface area contributed by atoms with Gasteiger partial charge in [-0.15, -0.1) is 0 Å². The second-order valence-electron chi connectivity index (χ2n) is 4.19. The number of hydrogen-bond donors (Lipinski definition) is 2. The molecule has 0 aliphatic carbocycles. The highest BCUT2D eigenvalue weighted by atomic mass is 16.5. The molecule has 2 N–H and O–H groups in total. The summed E-state index contributed by atoms with van der Waals surface area (Å²) in [5.41, 5.74) is -1.35. The van der Waals surface area contributed by atoms with Crippen molar-refractivity contribution in [1.82, 2.24) is 5.32 Å². The molecule has 0 spiro atoms. The zero-order valence-corrected chi connectivity index (χ0v) is 10.5. The lowest BCUT2D eigenvalue weighted by molar-refractivity contribution is -0.158. The molecule has 5 nitrogen and oxygen atoms in total. The number of carbonyl (C=O) groups is 2. The fourth-order valence-electron chi connectivity index (χ4n) is 1.75. The topological polar surface area (TPSA) is 75.6 Å². The van der Waals surface area contributed by atoms with E-state index in [1.165, 1.54) is 14.0 Å². The molecule has 94 valence electrons. The van der Waals surface area contributed by atoms with Gasteiger partial charge in [-0.1, -0.05) is 20.8 Å². The van der Waals surface area contributed by atoms with Gasteiger partial charge < -0.3 is 15.2 Å². The van der Waals surface area contributed by atoms with Crippen LogP contribution in [0.1, 0.15) is 34.1 Å². The van der Waals surface area contributed by atoms with Crippen molar-refractivity contribution in [3.63, 3.8) is 0 Å². The molecule has 0 radical (unpaired) electrons. The number of ether oxygens (including phenoxy) is 1. The third kappa shape index (κ3) is 2.95. The summed E-state index contributed by atoms with van der Waals surface area (Å²) in [5, 5.41) is 12.6. The summed E-state index contributed by atoms with van der Waals surface area (Å²) in [7, 11) is 1.24. The fourth-order valence-corrected chi connectivity index (χ4v) is 1.75. The molecule has 0 rings (SSSR count). The van der Waals surface area contributed by atoms with E-state index >= 15 is 0 Å². The van der Waals surface area contributed by atoms with E-state index < -0.39 is 17.6 Å². The van der Waals surface area contributed by atoms with E-state index in [0.717, 1.165) is 0 Å². The average molecular weight is 231 g/mol. The summed E-state index contributed by atoms with van der Waals surface area (Å²) in [5.74, 6) is -1.15. The van der Waals surface area contributed by atoms with Gasteiger partial charge in [-0.3, -0.25) is 4.79 Å². The van der Waals surface area contributed by atoms with E-state index in [2.05, 4.69) is 10.1 Å². The van der Waals surface area contributed by atoms with Crippen LogP contribution in [0, 0.1) is 5.92 Å². The van der Waals surface area contributed by atoms with Crippen LogP contribution < -0.4 is 5.32 Å². The molecule has 1 amide bonds. The van der Waals surface area contributed by atoms with E-state index in [1.54, 1.807) is 20.8 Å². The lowest BCUT2D eigenvalue weighted by atomic mass is 9.83. The molecule has 0 fully saturated rings. The molecule has 0 bridgehead atoms. The molecular formula is C11H21NO4. The van der Waals surface area contributed by atoms with Crippen LogP contribution in [0.5, 0.6) is 0 Å². The Balaban J connectivity index is 5.26. The number of hydrogen-bond acceptors (Lipinski definition) is 4. The Labute approximate surface area is 96.2 Å². The Hall–Kier alpha value is -1.10. The number of amides is 1. The van der Waals surface area contributed by atoms with Crippen LogP contribution >= 0.6 is 0 Å². The molecule has 2 atom stereocenters. The summed E-state index contributed by atoms with van der Waals surface area (Å²) in [4.78, 5) is 22.9. The largest absolute Gasteiger partial charge is 0.467 e. The molecule has 0 aromatic carbocycles. The second-order valence-corrected chi connectivity index (χ2v) is 4.19. The van der Waals surface area contributed by atoms with Gasteiger partial charge in [-0.25, -0.2) is 4.79 Å². The van der Waals surface area contributed by atoms with Crippen molar-refractivity contribution in [3.8, 4) is 0 Å². The Bertz CT molecular complexity index is 265. The molecule has 0 saturated carbocycles. The number of methoxy groups -OCH3 is 1. The van der Waals surface area contributed by atoms with Gasteiger partial charge in [-0.05, 0) is 12.3 Å². The summed E-state index contributed by atoms with van der Waals surface area (Å²) in [6.45, 7) is 6.58. The monoisotopic (exact) mass is 231 g/mol. The standard InChI is InChI=1S/C11H21NO4/c1-6-11(10(15)16-5,12-8(4)13)9(14)7(2)3/h7,9,14H,6H2,1-5H3,(H,12,13)/t9-,11-/m0/s1. The molecule has 0 aliphatic heterocycles. The van der Waals surface area contributed by atoms with Gasteiger partial charge in [0.05, 0.1) is 13.2 Å².